The van der Waals surface area contributed by atoms with E-state index in [1.54, 1.807) is 4.90 Å². The molecule has 0 bridgehead atoms. The molecule has 5 atom stereocenters. The Morgan fingerprint density at radius 3 is 1.78 bits per heavy atom. The predicted octanol–water partition coefficient (Wildman–Crippen LogP) is -3.74. The molecule has 0 aliphatic carbocycles. The Bertz CT molecular complexity index is 411. The second kappa shape index (κ2) is 21.1. The summed E-state index contributed by atoms with van der Waals surface area (Å²) in [6.45, 7) is 2.61. The van der Waals surface area contributed by atoms with Crippen LogP contribution in [-0.2, 0) is 14.2 Å². The molecule has 0 radical (unpaired) electrons. The molecule has 12 nitrogen and oxygen atoms in total. The first-order chi connectivity index (χ1) is 15.3. The van der Waals surface area contributed by atoms with Crippen LogP contribution in [0.2, 0.25) is 0 Å². The molecule has 0 aromatic carbocycles. The van der Waals surface area contributed by atoms with Crippen molar-refractivity contribution in [2.24, 2.45) is 5.73 Å². The fourth-order valence-electron chi connectivity index (χ4n) is 2.96. The third kappa shape index (κ3) is 17.1. The molecule has 0 aliphatic heterocycles. The van der Waals surface area contributed by atoms with Crippen LogP contribution in [0.4, 0.5) is 0 Å². The van der Waals surface area contributed by atoms with Gasteiger partial charge < -0.3 is 55.7 Å². The van der Waals surface area contributed by atoms with Crippen molar-refractivity contribution in [2.75, 3.05) is 79.0 Å². The number of aliphatic hydroxyl groups is 7. The lowest BCUT2D eigenvalue weighted by atomic mass is 10.0. The zero-order chi connectivity index (χ0) is 24.2. The first kappa shape index (κ1) is 31.5. The summed E-state index contributed by atoms with van der Waals surface area (Å²) in [5.41, 5.74) is 5.31. The number of hydrogen-bond donors (Lipinski definition) is 8. The molecule has 0 saturated heterocycles. The van der Waals surface area contributed by atoms with E-state index in [4.69, 9.17) is 30.2 Å². The highest BCUT2D eigenvalue weighted by molar-refractivity contribution is 4.79. The fraction of sp³-hybridized carbons (Fsp3) is 1.00. The van der Waals surface area contributed by atoms with E-state index >= 15 is 0 Å². The van der Waals surface area contributed by atoms with Gasteiger partial charge >= 0.3 is 0 Å². The third-order valence-corrected chi connectivity index (χ3v) is 4.69. The van der Waals surface area contributed by atoms with Crippen molar-refractivity contribution in [1.82, 2.24) is 4.90 Å². The van der Waals surface area contributed by atoms with E-state index in [1.165, 1.54) is 0 Å². The molecule has 0 aliphatic rings. The van der Waals surface area contributed by atoms with E-state index in [1.807, 2.05) is 0 Å². The average Bonchev–Trinajstić information content (AvgIpc) is 2.74. The minimum absolute atomic E-state index is 0.0454. The van der Waals surface area contributed by atoms with Crippen LogP contribution in [0, 0.1) is 0 Å². The zero-order valence-electron chi connectivity index (χ0n) is 18.9. The molecule has 194 valence electrons. The molecule has 0 aromatic heterocycles. The Hall–Kier alpha value is -0.480. The first-order valence-corrected chi connectivity index (χ1v) is 11.1. The van der Waals surface area contributed by atoms with E-state index in [0.29, 0.717) is 46.1 Å². The second-order valence-electron chi connectivity index (χ2n) is 7.58. The van der Waals surface area contributed by atoms with Crippen LogP contribution in [0.5, 0.6) is 0 Å². The molecule has 9 N–H and O–H groups in total. The van der Waals surface area contributed by atoms with Gasteiger partial charge in [0.25, 0.3) is 0 Å². The Morgan fingerprint density at radius 2 is 1.22 bits per heavy atom. The van der Waals surface area contributed by atoms with Gasteiger partial charge in [0.1, 0.15) is 6.10 Å². The molecule has 0 heterocycles. The zero-order valence-corrected chi connectivity index (χ0v) is 18.9. The van der Waals surface area contributed by atoms with Gasteiger partial charge in [0.05, 0.1) is 64.1 Å². The Morgan fingerprint density at radius 1 is 0.656 bits per heavy atom. The summed E-state index contributed by atoms with van der Waals surface area (Å²) in [5.74, 6) is 0. The summed E-state index contributed by atoms with van der Waals surface area (Å²) in [4.78, 5) is 1.65. The maximum atomic E-state index is 10.2. The summed E-state index contributed by atoms with van der Waals surface area (Å²) < 4.78 is 16.0. The first-order valence-electron chi connectivity index (χ1n) is 11.1. The van der Waals surface area contributed by atoms with Gasteiger partial charge in [-0.3, -0.25) is 4.90 Å². The number of nitrogens with two attached hydrogens (primary N) is 1. The van der Waals surface area contributed by atoms with E-state index in [9.17, 15) is 25.5 Å². The highest BCUT2D eigenvalue weighted by Crippen LogP contribution is 2.09. The monoisotopic (exact) mass is 472 g/mol. The van der Waals surface area contributed by atoms with Crippen molar-refractivity contribution in [3.05, 3.63) is 0 Å². The average molecular weight is 473 g/mol. The van der Waals surface area contributed by atoms with Crippen LogP contribution in [0.25, 0.3) is 0 Å². The van der Waals surface area contributed by atoms with E-state index in [0.717, 1.165) is 0 Å². The number of hydrogen-bond acceptors (Lipinski definition) is 12. The van der Waals surface area contributed by atoms with Crippen LogP contribution in [-0.4, -0.2) is 150 Å². The molecule has 0 saturated carbocycles. The number of aliphatic hydroxyl groups excluding tert-OH is 7. The Labute approximate surface area is 190 Å². The minimum Gasteiger partial charge on any atom is -0.396 e. The van der Waals surface area contributed by atoms with Crippen LogP contribution >= 0.6 is 0 Å². The highest BCUT2D eigenvalue weighted by atomic mass is 16.5. The largest absolute Gasteiger partial charge is 0.396 e. The lowest BCUT2D eigenvalue weighted by Gasteiger charge is -2.30. The van der Waals surface area contributed by atoms with Gasteiger partial charge in [-0.15, -0.1) is 0 Å². The maximum absolute atomic E-state index is 10.2. The predicted molar refractivity (Wildman–Crippen MR) is 116 cm³/mol. The van der Waals surface area contributed by atoms with Crippen LogP contribution < -0.4 is 5.73 Å². The van der Waals surface area contributed by atoms with Crippen molar-refractivity contribution in [2.45, 2.75) is 49.8 Å². The lowest BCUT2D eigenvalue weighted by molar-refractivity contribution is -0.0796. The molecular formula is C20H44N2O10. The van der Waals surface area contributed by atoms with Crippen LogP contribution in [0.3, 0.4) is 0 Å². The summed E-state index contributed by atoms with van der Waals surface area (Å²) in [6.07, 6.45) is -5.73. The fourth-order valence-corrected chi connectivity index (χ4v) is 2.96. The lowest BCUT2D eigenvalue weighted by Crippen LogP contribution is -2.47. The van der Waals surface area contributed by atoms with E-state index in [2.05, 4.69) is 0 Å². The molecule has 0 rings (SSSR count). The molecule has 32 heavy (non-hydrogen) atoms. The standard InChI is InChI=1S/C20H44N2O10/c21-3-7-30-9-11-32-12-10-31-8-4-22(14-17(26)13-16(25)1-5-23)15-19(28)20(29)18(27)2-6-24/h16-20,23-29H,1-15,21H2/t16-,17-,18-,19+,20+/m1/s1. The van der Waals surface area contributed by atoms with Gasteiger partial charge in [-0.05, 0) is 12.8 Å². The number of ether oxygens (including phenoxy) is 3. The van der Waals surface area contributed by atoms with Gasteiger partial charge in [-0.1, -0.05) is 0 Å². The Kier molecular flexibility index (Phi) is 20.8. The Balaban J connectivity index is 4.43. The minimum atomic E-state index is -1.46. The van der Waals surface area contributed by atoms with Gasteiger partial charge in [0, 0.05) is 45.8 Å². The molecule has 12 heteroatoms. The second-order valence-corrected chi connectivity index (χ2v) is 7.58. The highest BCUT2D eigenvalue weighted by Gasteiger charge is 2.27. The van der Waals surface area contributed by atoms with E-state index < -0.39 is 30.5 Å². The van der Waals surface area contributed by atoms with Crippen LogP contribution in [0.1, 0.15) is 19.3 Å². The smallest absolute Gasteiger partial charge is 0.107 e. The van der Waals surface area contributed by atoms with Gasteiger partial charge in [0.15, 0.2) is 0 Å². The normalized spacial score (nSPS) is 16.8. The third-order valence-electron chi connectivity index (χ3n) is 4.69. The molecular weight excluding hydrogens is 428 g/mol. The molecule has 0 fully saturated rings. The summed E-state index contributed by atoms with van der Waals surface area (Å²) in [7, 11) is 0. The quantitative estimate of drug-likeness (QED) is 0.0677. The molecule has 0 amide bonds. The molecule has 0 spiro atoms. The van der Waals surface area contributed by atoms with Gasteiger partial charge in [-0.2, -0.15) is 0 Å². The van der Waals surface area contributed by atoms with Crippen LogP contribution in [0.15, 0.2) is 0 Å². The summed E-state index contributed by atoms with van der Waals surface area (Å²) >= 11 is 0. The van der Waals surface area contributed by atoms with Crippen molar-refractivity contribution >= 4 is 0 Å². The SMILES string of the molecule is NCCOCCOCCOCCN(C[C@H](O)C[C@H](O)CCO)C[C@H](O)[C@@H](O)[C@H](O)CCO. The maximum Gasteiger partial charge on any atom is 0.107 e. The molecule has 0 unspecified atom stereocenters. The number of rotatable bonds is 23. The van der Waals surface area contributed by atoms with E-state index in [-0.39, 0.29) is 52.2 Å². The summed E-state index contributed by atoms with van der Waals surface area (Å²) in [6, 6.07) is 0. The van der Waals surface area contributed by atoms with Crippen molar-refractivity contribution in [3.8, 4) is 0 Å². The van der Waals surface area contributed by atoms with Crippen molar-refractivity contribution in [1.29, 1.82) is 0 Å². The van der Waals surface area contributed by atoms with Crippen molar-refractivity contribution < 1.29 is 50.0 Å². The van der Waals surface area contributed by atoms with Gasteiger partial charge in [0.2, 0.25) is 0 Å². The molecule has 0 aromatic rings. The van der Waals surface area contributed by atoms with Gasteiger partial charge in [-0.25, -0.2) is 0 Å². The number of nitrogens with zero attached hydrogens (tertiary/aromatic N) is 1. The van der Waals surface area contributed by atoms with Crippen molar-refractivity contribution in [3.63, 3.8) is 0 Å². The topological polar surface area (TPSA) is 199 Å². The summed E-state index contributed by atoms with van der Waals surface area (Å²) in [5, 5.41) is 67.8.